The fourth-order valence-electron chi connectivity index (χ4n) is 3.60. The molecule has 0 spiro atoms. The van der Waals surface area contributed by atoms with Gasteiger partial charge in [-0.3, -0.25) is 0 Å². The Morgan fingerprint density at radius 1 is 0.857 bits per heavy atom. The van der Waals surface area contributed by atoms with E-state index in [1.165, 1.54) is 0 Å². The summed E-state index contributed by atoms with van der Waals surface area (Å²) in [6, 6.07) is 9.65. The summed E-state index contributed by atoms with van der Waals surface area (Å²) in [5, 5.41) is 14.3. The molecule has 0 bridgehead atoms. The highest BCUT2D eigenvalue weighted by Gasteiger charge is 2.15. The Balaban J connectivity index is 2.06. The van der Waals surface area contributed by atoms with Crippen molar-refractivity contribution >= 4 is 21.5 Å². The second kappa shape index (κ2) is 6.96. The van der Waals surface area contributed by atoms with Gasteiger partial charge in [0.05, 0.1) is 27.7 Å². The molecule has 1 heterocycles. The van der Waals surface area contributed by atoms with E-state index in [1.54, 1.807) is 27.4 Å². The molecule has 0 saturated carbocycles. The molecule has 6 heteroatoms. The zero-order chi connectivity index (χ0) is 19.8. The lowest BCUT2D eigenvalue weighted by molar-refractivity contribution is 0.356. The molecular formula is C22H22N2O4. The Labute approximate surface area is 162 Å². The smallest absolute Gasteiger partial charge is 0.161 e. The van der Waals surface area contributed by atoms with Gasteiger partial charge in [0.25, 0.3) is 0 Å². The first-order valence-corrected chi connectivity index (χ1v) is 8.90. The topological polar surface area (TPSA) is 65.7 Å². The molecule has 0 atom stereocenters. The number of aryl methyl sites for hydroxylation is 1. The first-order valence-electron chi connectivity index (χ1n) is 8.90. The van der Waals surface area contributed by atoms with Gasteiger partial charge in [-0.2, -0.15) is 0 Å². The molecule has 0 aliphatic carbocycles. The number of phenols is 1. The summed E-state index contributed by atoms with van der Waals surface area (Å²) >= 11 is 0. The van der Waals surface area contributed by atoms with Crippen molar-refractivity contribution in [1.82, 2.24) is 9.55 Å². The summed E-state index contributed by atoms with van der Waals surface area (Å²) in [7, 11) is 4.79. The van der Waals surface area contributed by atoms with E-state index >= 15 is 0 Å². The number of benzene rings is 3. The summed E-state index contributed by atoms with van der Waals surface area (Å²) in [4.78, 5) is 4.22. The van der Waals surface area contributed by atoms with Crippen LogP contribution in [0.3, 0.4) is 0 Å². The average molecular weight is 378 g/mol. The van der Waals surface area contributed by atoms with Crippen molar-refractivity contribution < 1.29 is 19.3 Å². The molecule has 1 aromatic heterocycles. The third kappa shape index (κ3) is 2.87. The van der Waals surface area contributed by atoms with Gasteiger partial charge in [0, 0.05) is 18.4 Å². The zero-order valence-corrected chi connectivity index (χ0v) is 16.3. The molecule has 0 aliphatic heterocycles. The van der Waals surface area contributed by atoms with Crippen LogP contribution >= 0.6 is 0 Å². The van der Waals surface area contributed by atoms with Gasteiger partial charge in [0.1, 0.15) is 0 Å². The van der Waals surface area contributed by atoms with E-state index in [9.17, 15) is 5.11 Å². The number of aromatic nitrogens is 2. The van der Waals surface area contributed by atoms with Crippen molar-refractivity contribution in [3.05, 3.63) is 54.1 Å². The minimum absolute atomic E-state index is 0.0991. The predicted molar refractivity (Wildman–Crippen MR) is 109 cm³/mol. The van der Waals surface area contributed by atoms with Gasteiger partial charge in [-0.1, -0.05) is 0 Å². The van der Waals surface area contributed by atoms with Gasteiger partial charge in [-0.25, -0.2) is 4.98 Å². The van der Waals surface area contributed by atoms with Crippen molar-refractivity contribution in [2.75, 3.05) is 21.3 Å². The second-order valence-corrected chi connectivity index (χ2v) is 6.70. The predicted octanol–water partition coefficient (Wildman–Crippen LogP) is 4.28. The summed E-state index contributed by atoms with van der Waals surface area (Å²) in [6.45, 7) is 2.68. The van der Waals surface area contributed by atoms with Crippen LogP contribution in [-0.4, -0.2) is 36.0 Å². The van der Waals surface area contributed by atoms with Crippen molar-refractivity contribution in [2.45, 2.75) is 13.5 Å². The van der Waals surface area contributed by atoms with E-state index in [4.69, 9.17) is 14.2 Å². The number of hydrogen-bond acceptors (Lipinski definition) is 5. The molecule has 0 saturated heterocycles. The maximum atomic E-state index is 10.4. The van der Waals surface area contributed by atoms with Crippen molar-refractivity contribution in [2.24, 2.45) is 0 Å². The van der Waals surface area contributed by atoms with E-state index < -0.39 is 0 Å². The van der Waals surface area contributed by atoms with Crippen LogP contribution in [0.25, 0.3) is 21.5 Å². The van der Waals surface area contributed by atoms with Crippen LogP contribution in [-0.2, 0) is 6.54 Å². The van der Waals surface area contributed by atoms with Crippen LogP contribution in [0.1, 0.15) is 11.3 Å². The minimum Gasteiger partial charge on any atom is -0.504 e. The molecule has 3 aromatic carbocycles. The van der Waals surface area contributed by atoms with E-state index in [0.717, 1.165) is 32.8 Å². The van der Waals surface area contributed by atoms with E-state index in [2.05, 4.69) is 15.6 Å². The van der Waals surface area contributed by atoms with Crippen LogP contribution in [0.2, 0.25) is 0 Å². The summed E-state index contributed by atoms with van der Waals surface area (Å²) in [5.41, 5.74) is 2.17. The number of phenolic OH excluding ortho intramolecular Hbond substituents is 1. The Morgan fingerprint density at radius 3 is 2.18 bits per heavy atom. The Morgan fingerprint density at radius 2 is 1.54 bits per heavy atom. The lowest BCUT2D eigenvalue weighted by Gasteiger charge is -2.16. The Bertz CT molecular complexity index is 1180. The van der Waals surface area contributed by atoms with Crippen LogP contribution in [0, 0.1) is 6.92 Å². The highest BCUT2D eigenvalue weighted by Crippen LogP contribution is 2.41. The molecule has 0 aliphatic rings. The van der Waals surface area contributed by atoms with E-state index in [0.29, 0.717) is 23.8 Å². The van der Waals surface area contributed by atoms with Crippen molar-refractivity contribution in [3.63, 3.8) is 0 Å². The number of aromatic hydroxyl groups is 1. The summed E-state index contributed by atoms with van der Waals surface area (Å²) in [5.74, 6) is 1.85. The van der Waals surface area contributed by atoms with Gasteiger partial charge in [-0.15, -0.1) is 0 Å². The summed E-state index contributed by atoms with van der Waals surface area (Å²) < 4.78 is 18.4. The van der Waals surface area contributed by atoms with Gasteiger partial charge in [0.2, 0.25) is 0 Å². The number of hydrogen-bond donors (Lipinski definition) is 1. The lowest BCUT2D eigenvalue weighted by Crippen LogP contribution is -2.02. The largest absolute Gasteiger partial charge is 0.504 e. The average Bonchev–Trinajstić information content (AvgIpc) is 3.11. The maximum Gasteiger partial charge on any atom is 0.161 e. The number of nitrogens with zero attached hydrogens (tertiary/aromatic N) is 2. The molecule has 0 radical (unpaired) electrons. The highest BCUT2D eigenvalue weighted by atomic mass is 16.5. The third-order valence-corrected chi connectivity index (χ3v) is 5.10. The Hall–Kier alpha value is -3.41. The van der Waals surface area contributed by atoms with Crippen LogP contribution in [0.4, 0.5) is 0 Å². The van der Waals surface area contributed by atoms with Crippen molar-refractivity contribution in [3.8, 4) is 23.0 Å². The lowest BCUT2D eigenvalue weighted by atomic mass is 9.96. The first kappa shape index (κ1) is 18.0. The minimum atomic E-state index is 0.0991. The molecule has 144 valence electrons. The highest BCUT2D eigenvalue weighted by molar-refractivity contribution is 6.11. The number of rotatable bonds is 5. The molecule has 4 rings (SSSR count). The standard InChI is InChI=1S/C22H22N2O4/c1-13-10-23-12-24(13)11-15-5-14-6-21(27-3)22(28-4)9-16(14)18-7-19(25)20(26-2)8-17(15)18/h5-10,12,25H,11H2,1-4H3. The Kier molecular flexibility index (Phi) is 4.47. The molecule has 0 unspecified atom stereocenters. The fraction of sp³-hybridized carbons (Fsp3) is 0.227. The molecule has 1 N–H and O–H groups in total. The van der Waals surface area contributed by atoms with Crippen LogP contribution < -0.4 is 14.2 Å². The second-order valence-electron chi connectivity index (χ2n) is 6.70. The van der Waals surface area contributed by atoms with Gasteiger partial charge in [0.15, 0.2) is 23.0 Å². The van der Waals surface area contributed by atoms with Crippen LogP contribution in [0.15, 0.2) is 42.9 Å². The third-order valence-electron chi connectivity index (χ3n) is 5.10. The quantitative estimate of drug-likeness (QED) is 0.525. The first-order chi connectivity index (χ1) is 13.5. The number of imidazole rings is 1. The zero-order valence-electron chi connectivity index (χ0n) is 16.3. The molecule has 0 fully saturated rings. The van der Waals surface area contributed by atoms with Crippen LogP contribution in [0.5, 0.6) is 23.0 Å². The number of ether oxygens (including phenoxy) is 3. The van der Waals surface area contributed by atoms with Gasteiger partial charge >= 0.3 is 0 Å². The normalized spacial score (nSPS) is 11.1. The van der Waals surface area contributed by atoms with Crippen molar-refractivity contribution in [1.29, 1.82) is 0 Å². The van der Waals surface area contributed by atoms with E-state index in [1.807, 2.05) is 37.6 Å². The summed E-state index contributed by atoms with van der Waals surface area (Å²) in [6.07, 6.45) is 3.65. The molecule has 6 nitrogen and oxygen atoms in total. The molecular weight excluding hydrogens is 356 g/mol. The molecule has 4 aromatic rings. The van der Waals surface area contributed by atoms with E-state index in [-0.39, 0.29) is 5.75 Å². The molecule has 28 heavy (non-hydrogen) atoms. The number of methoxy groups -OCH3 is 3. The molecule has 0 amide bonds. The van der Waals surface area contributed by atoms with Gasteiger partial charge in [-0.05, 0) is 64.4 Å². The number of fused-ring (bicyclic) bond motifs is 3. The SMILES string of the molecule is COc1cc2c(Cn3cncc3C)cc3cc(OC)c(OC)cc3c2cc1O. The maximum absolute atomic E-state index is 10.4. The van der Waals surface area contributed by atoms with Gasteiger partial charge < -0.3 is 23.9 Å². The fourth-order valence-corrected chi connectivity index (χ4v) is 3.60. The monoisotopic (exact) mass is 378 g/mol.